The summed E-state index contributed by atoms with van der Waals surface area (Å²) < 4.78 is 7.39. The molecule has 1 saturated heterocycles. The molecule has 0 N–H and O–H groups in total. The molecule has 90 valence electrons. The van der Waals surface area contributed by atoms with E-state index in [0.29, 0.717) is 24.4 Å². The molecule has 1 aromatic heterocycles. The molecule has 2 aliphatic rings. The van der Waals surface area contributed by atoms with E-state index in [9.17, 15) is 9.59 Å². The minimum Gasteiger partial charge on any atom is -0.354 e. The lowest BCUT2D eigenvalue weighted by atomic mass is 10.1. The maximum absolute atomic E-state index is 12.4. The average molecular weight is 234 g/mol. The fourth-order valence-electron chi connectivity index (χ4n) is 2.58. The Bertz CT molecular complexity index is 549. The van der Waals surface area contributed by atoms with Crippen molar-refractivity contribution in [1.29, 1.82) is 0 Å². The van der Waals surface area contributed by atoms with Gasteiger partial charge in [-0.25, -0.2) is 0 Å². The van der Waals surface area contributed by atoms with E-state index < -0.39 is 0 Å². The van der Waals surface area contributed by atoms with Gasteiger partial charge in [0.1, 0.15) is 5.69 Å². The summed E-state index contributed by atoms with van der Waals surface area (Å²) in [5.74, 6) is -0.0959. The van der Waals surface area contributed by atoms with E-state index in [0.717, 1.165) is 0 Å². The van der Waals surface area contributed by atoms with Crippen molar-refractivity contribution < 1.29 is 9.53 Å². The molecule has 2 atom stereocenters. The summed E-state index contributed by atoms with van der Waals surface area (Å²) in [6.45, 7) is 4.83. The van der Waals surface area contributed by atoms with Gasteiger partial charge >= 0.3 is 0 Å². The molecule has 0 radical (unpaired) electrons. The molecule has 17 heavy (non-hydrogen) atoms. The molecule has 0 aromatic carbocycles. The number of carbonyl (C=O) groups excluding carboxylic acids is 1. The minimum atomic E-state index is -0.188. The Kier molecular flexibility index (Phi) is 2.13. The maximum Gasteiger partial charge on any atom is 0.273 e. The minimum absolute atomic E-state index is 0.0796. The molecule has 2 unspecified atom stereocenters. The summed E-state index contributed by atoms with van der Waals surface area (Å²) in [7, 11) is 0. The Morgan fingerprint density at radius 1 is 1.41 bits per heavy atom. The Balaban J connectivity index is 2.17. The van der Waals surface area contributed by atoms with Crippen molar-refractivity contribution >= 4 is 5.91 Å². The van der Waals surface area contributed by atoms with Crippen LogP contribution in [-0.4, -0.2) is 34.3 Å². The number of aromatic nitrogens is 1. The standard InChI is InChI=1S/C12H14N2O3/c1-7-6-17-10-5-13-4-3-9(15)8(2)11(13)12(16)14(7)10/h3-4,7,10H,5-6H2,1-2H3. The molecule has 3 heterocycles. The van der Waals surface area contributed by atoms with Gasteiger partial charge in [0.05, 0.1) is 19.2 Å². The Hall–Kier alpha value is -1.62. The first-order valence-corrected chi connectivity index (χ1v) is 5.74. The van der Waals surface area contributed by atoms with Gasteiger partial charge in [-0.3, -0.25) is 9.59 Å². The highest BCUT2D eigenvalue weighted by Gasteiger charge is 2.41. The van der Waals surface area contributed by atoms with E-state index >= 15 is 0 Å². The molecular weight excluding hydrogens is 220 g/mol. The van der Waals surface area contributed by atoms with Crippen LogP contribution in [0.4, 0.5) is 0 Å². The second-order valence-corrected chi connectivity index (χ2v) is 4.66. The first-order chi connectivity index (χ1) is 8.09. The number of ether oxygens (including phenoxy) is 1. The number of hydrogen-bond donors (Lipinski definition) is 0. The summed E-state index contributed by atoms with van der Waals surface area (Å²) in [6, 6.07) is 1.58. The normalized spacial score (nSPS) is 26.9. The van der Waals surface area contributed by atoms with Crippen LogP contribution in [0.1, 0.15) is 23.0 Å². The second kappa shape index (κ2) is 3.43. The zero-order chi connectivity index (χ0) is 12.2. The highest BCUT2D eigenvalue weighted by Crippen LogP contribution is 2.26. The van der Waals surface area contributed by atoms with Crippen molar-refractivity contribution in [3.8, 4) is 0 Å². The van der Waals surface area contributed by atoms with Crippen molar-refractivity contribution in [2.45, 2.75) is 32.7 Å². The van der Waals surface area contributed by atoms with Crippen molar-refractivity contribution in [2.24, 2.45) is 0 Å². The Morgan fingerprint density at radius 3 is 2.94 bits per heavy atom. The number of hydrogen-bond acceptors (Lipinski definition) is 3. The topological polar surface area (TPSA) is 51.5 Å². The van der Waals surface area contributed by atoms with Gasteiger partial charge in [0.25, 0.3) is 5.91 Å². The van der Waals surface area contributed by atoms with Crippen LogP contribution in [0.25, 0.3) is 0 Å². The third-order valence-corrected chi connectivity index (χ3v) is 3.52. The van der Waals surface area contributed by atoms with Crippen molar-refractivity contribution in [2.75, 3.05) is 6.61 Å². The predicted molar refractivity (Wildman–Crippen MR) is 60.8 cm³/mol. The number of amides is 1. The first-order valence-electron chi connectivity index (χ1n) is 5.74. The van der Waals surface area contributed by atoms with Crippen LogP contribution in [0.2, 0.25) is 0 Å². The smallest absolute Gasteiger partial charge is 0.273 e. The summed E-state index contributed by atoms with van der Waals surface area (Å²) >= 11 is 0. The quantitative estimate of drug-likeness (QED) is 0.651. The molecule has 0 aliphatic carbocycles. The summed E-state index contributed by atoms with van der Waals surface area (Å²) in [5.41, 5.74) is 0.942. The molecule has 0 spiro atoms. The van der Waals surface area contributed by atoms with Crippen molar-refractivity contribution in [3.63, 3.8) is 0 Å². The maximum atomic E-state index is 12.4. The highest BCUT2D eigenvalue weighted by atomic mass is 16.5. The van der Waals surface area contributed by atoms with Crippen LogP contribution in [0.5, 0.6) is 0 Å². The van der Waals surface area contributed by atoms with Gasteiger partial charge in [0, 0.05) is 17.8 Å². The van der Waals surface area contributed by atoms with E-state index in [1.165, 1.54) is 6.07 Å². The number of fused-ring (bicyclic) bond motifs is 2. The number of carbonyl (C=O) groups is 1. The highest BCUT2D eigenvalue weighted by molar-refractivity contribution is 5.95. The van der Waals surface area contributed by atoms with Gasteiger partial charge in [-0.05, 0) is 13.8 Å². The van der Waals surface area contributed by atoms with Gasteiger partial charge < -0.3 is 14.2 Å². The monoisotopic (exact) mass is 234 g/mol. The Labute approximate surface area is 98.6 Å². The van der Waals surface area contributed by atoms with Gasteiger partial charge in [0.2, 0.25) is 0 Å². The van der Waals surface area contributed by atoms with Crippen LogP contribution >= 0.6 is 0 Å². The molecule has 0 saturated carbocycles. The zero-order valence-corrected chi connectivity index (χ0v) is 9.84. The van der Waals surface area contributed by atoms with Gasteiger partial charge in [0.15, 0.2) is 11.7 Å². The van der Waals surface area contributed by atoms with Crippen LogP contribution in [-0.2, 0) is 11.3 Å². The molecule has 0 bridgehead atoms. The molecule has 3 rings (SSSR count). The first kappa shape index (κ1) is 10.5. The molecular formula is C12H14N2O3. The van der Waals surface area contributed by atoms with Crippen LogP contribution in [0.3, 0.4) is 0 Å². The van der Waals surface area contributed by atoms with Gasteiger partial charge in [-0.15, -0.1) is 0 Å². The van der Waals surface area contributed by atoms with E-state index in [1.807, 2.05) is 11.5 Å². The van der Waals surface area contributed by atoms with Crippen molar-refractivity contribution in [3.05, 3.63) is 33.7 Å². The second-order valence-electron chi connectivity index (χ2n) is 4.66. The lowest BCUT2D eigenvalue weighted by Crippen LogP contribution is -2.49. The van der Waals surface area contributed by atoms with Crippen molar-refractivity contribution in [1.82, 2.24) is 9.47 Å². The third kappa shape index (κ3) is 1.35. The molecule has 1 aromatic rings. The van der Waals surface area contributed by atoms with Crippen LogP contribution < -0.4 is 5.43 Å². The predicted octanol–water partition coefficient (Wildman–Crippen LogP) is 0.357. The summed E-state index contributed by atoms with van der Waals surface area (Å²) in [5, 5.41) is 0. The fourth-order valence-corrected chi connectivity index (χ4v) is 2.58. The number of rotatable bonds is 0. The van der Waals surface area contributed by atoms with Gasteiger partial charge in [-0.1, -0.05) is 0 Å². The summed E-state index contributed by atoms with van der Waals surface area (Å²) in [6.07, 6.45) is 1.48. The number of pyridine rings is 1. The molecule has 1 amide bonds. The Morgan fingerprint density at radius 2 is 2.18 bits per heavy atom. The average Bonchev–Trinajstić information content (AvgIpc) is 2.66. The molecule has 5 nitrogen and oxygen atoms in total. The lowest BCUT2D eigenvalue weighted by Gasteiger charge is -2.33. The largest absolute Gasteiger partial charge is 0.354 e. The molecule has 5 heteroatoms. The van der Waals surface area contributed by atoms with E-state index in [4.69, 9.17) is 4.74 Å². The molecule has 2 aliphatic heterocycles. The zero-order valence-electron chi connectivity index (χ0n) is 9.84. The van der Waals surface area contributed by atoms with E-state index in [2.05, 4.69) is 0 Å². The lowest BCUT2D eigenvalue weighted by molar-refractivity contribution is 0.00669. The number of nitrogens with zero attached hydrogens (tertiary/aromatic N) is 2. The summed E-state index contributed by atoms with van der Waals surface area (Å²) in [4.78, 5) is 25.7. The molecule has 1 fully saturated rings. The van der Waals surface area contributed by atoms with Gasteiger partial charge in [-0.2, -0.15) is 0 Å². The SMILES string of the molecule is Cc1c2n(ccc1=O)CC1OCC(C)N1C2=O. The third-order valence-electron chi connectivity index (χ3n) is 3.52. The van der Waals surface area contributed by atoms with E-state index in [1.54, 1.807) is 18.0 Å². The van der Waals surface area contributed by atoms with Crippen LogP contribution in [0, 0.1) is 6.92 Å². The fraction of sp³-hybridized carbons (Fsp3) is 0.500. The van der Waals surface area contributed by atoms with E-state index in [-0.39, 0.29) is 23.6 Å². The van der Waals surface area contributed by atoms with Crippen LogP contribution in [0.15, 0.2) is 17.1 Å².